The van der Waals surface area contributed by atoms with E-state index in [1.165, 1.54) is 6.42 Å². The van der Waals surface area contributed by atoms with Crippen molar-refractivity contribution in [2.45, 2.75) is 17.4 Å². The summed E-state index contributed by atoms with van der Waals surface area (Å²) < 4.78 is 0.305. The SMILES string of the molecule is CC[C]1([Ru])C=CC=C1. The molecule has 0 unspecified atom stereocenters. The van der Waals surface area contributed by atoms with Crippen LogP contribution in [0.4, 0.5) is 0 Å². The number of hydrogen-bond acceptors (Lipinski definition) is 0. The summed E-state index contributed by atoms with van der Waals surface area (Å²) in [7, 11) is 0. The van der Waals surface area contributed by atoms with Crippen LogP contribution in [-0.2, 0) is 18.3 Å². The molecule has 0 atom stereocenters. The average molecular weight is 194 g/mol. The summed E-state index contributed by atoms with van der Waals surface area (Å²) in [5.74, 6) is 0. The molecule has 1 aliphatic carbocycles. The summed E-state index contributed by atoms with van der Waals surface area (Å²) in [5.41, 5.74) is 0. The van der Waals surface area contributed by atoms with Crippen LogP contribution < -0.4 is 0 Å². The molecule has 1 aliphatic rings. The van der Waals surface area contributed by atoms with Gasteiger partial charge in [-0.05, 0) is 0 Å². The fourth-order valence-electron chi connectivity index (χ4n) is 0.718. The van der Waals surface area contributed by atoms with Crippen molar-refractivity contribution in [3.63, 3.8) is 0 Å². The minimum atomic E-state index is 0.305. The second kappa shape index (κ2) is 2.15. The predicted molar refractivity (Wildman–Crippen MR) is 31.3 cm³/mol. The van der Waals surface area contributed by atoms with Crippen molar-refractivity contribution in [2.75, 3.05) is 0 Å². The van der Waals surface area contributed by atoms with E-state index in [0.29, 0.717) is 4.01 Å². The Morgan fingerprint density at radius 2 is 1.88 bits per heavy atom. The van der Waals surface area contributed by atoms with Gasteiger partial charge >= 0.3 is 60.0 Å². The van der Waals surface area contributed by atoms with E-state index in [0.717, 1.165) is 0 Å². The molecular formula is C7H9Ru. The Morgan fingerprint density at radius 1 is 1.38 bits per heavy atom. The Labute approximate surface area is 60.3 Å². The van der Waals surface area contributed by atoms with Gasteiger partial charge in [-0.2, -0.15) is 0 Å². The normalized spacial score (nSPS) is 22.2. The van der Waals surface area contributed by atoms with E-state index >= 15 is 0 Å². The molecule has 45 valence electrons. The Morgan fingerprint density at radius 3 is 2.12 bits per heavy atom. The molecule has 1 rings (SSSR count). The molecule has 8 heavy (non-hydrogen) atoms. The first-order valence-electron chi connectivity index (χ1n) is 2.81. The van der Waals surface area contributed by atoms with Gasteiger partial charge in [0.25, 0.3) is 0 Å². The third-order valence-corrected chi connectivity index (χ3v) is 2.58. The molecule has 0 saturated heterocycles. The molecule has 0 aliphatic heterocycles. The molecule has 0 aromatic carbocycles. The summed E-state index contributed by atoms with van der Waals surface area (Å²) in [6.45, 7) is 2.19. The summed E-state index contributed by atoms with van der Waals surface area (Å²) in [5, 5.41) is 0. The molecule has 0 bridgehead atoms. The standard InChI is InChI=1S/C7H9.Ru/c1-2-7-5-3-4-6-7;/h3-6H,2H2,1H3;. The number of hydrogen-bond donors (Lipinski definition) is 0. The maximum atomic E-state index is 2.74. The molecule has 0 aromatic rings. The first kappa shape index (κ1) is 6.23. The quantitative estimate of drug-likeness (QED) is 0.561. The maximum absolute atomic E-state index is 2.74. The van der Waals surface area contributed by atoms with Crippen molar-refractivity contribution >= 4 is 0 Å². The van der Waals surface area contributed by atoms with Crippen LogP contribution in [0, 0.1) is 0 Å². The Hall–Kier alpha value is 0.103. The van der Waals surface area contributed by atoms with Crippen LogP contribution in [0.2, 0.25) is 4.01 Å². The molecule has 0 amide bonds. The molecule has 0 N–H and O–H groups in total. The van der Waals surface area contributed by atoms with Gasteiger partial charge in [-0.3, -0.25) is 0 Å². The van der Waals surface area contributed by atoms with Crippen molar-refractivity contribution < 1.29 is 18.3 Å². The van der Waals surface area contributed by atoms with Crippen molar-refractivity contribution in [1.82, 2.24) is 0 Å². The molecule has 1 heteroatoms. The predicted octanol–water partition coefficient (Wildman–Crippen LogP) is 2.23. The summed E-state index contributed by atoms with van der Waals surface area (Å²) in [6, 6.07) is 0. The first-order valence-corrected chi connectivity index (χ1v) is 3.68. The van der Waals surface area contributed by atoms with Crippen molar-refractivity contribution in [1.29, 1.82) is 0 Å². The molecule has 0 heterocycles. The van der Waals surface area contributed by atoms with E-state index in [1.807, 2.05) is 0 Å². The van der Waals surface area contributed by atoms with E-state index in [9.17, 15) is 0 Å². The summed E-state index contributed by atoms with van der Waals surface area (Å²) >= 11 is 2.74. The van der Waals surface area contributed by atoms with E-state index in [1.54, 1.807) is 0 Å². The van der Waals surface area contributed by atoms with Gasteiger partial charge in [-0.1, -0.05) is 0 Å². The Kier molecular flexibility index (Phi) is 1.67. The van der Waals surface area contributed by atoms with E-state index in [4.69, 9.17) is 0 Å². The van der Waals surface area contributed by atoms with Crippen molar-refractivity contribution in [2.24, 2.45) is 0 Å². The van der Waals surface area contributed by atoms with Crippen LogP contribution in [-0.4, -0.2) is 0 Å². The number of allylic oxidation sites excluding steroid dienone is 4. The van der Waals surface area contributed by atoms with Gasteiger partial charge in [0.2, 0.25) is 0 Å². The third-order valence-electron chi connectivity index (χ3n) is 1.38. The zero-order valence-corrected chi connectivity index (χ0v) is 6.61. The summed E-state index contributed by atoms with van der Waals surface area (Å²) in [6.07, 6.45) is 9.80. The van der Waals surface area contributed by atoms with Crippen LogP contribution >= 0.6 is 0 Å². The van der Waals surface area contributed by atoms with E-state index in [-0.39, 0.29) is 0 Å². The first-order chi connectivity index (χ1) is 3.77. The van der Waals surface area contributed by atoms with Crippen LogP contribution in [0.3, 0.4) is 0 Å². The van der Waals surface area contributed by atoms with Crippen LogP contribution in [0.5, 0.6) is 0 Å². The Bertz CT molecular complexity index is 121. The second-order valence-corrected chi connectivity index (χ2v) is 3.59. The monoisotopic (exact) mass is 195 g/mol. The molecular weight excluding hydrogens is 185 g/mol. The molecule has 0 saturated carbocycles. The van der Waals surface area contributed by atoms with Crippen LogP contribution in [0.25, 0.3) is 0 Å². The van der Waals surface area contributed by atoms with Crippen LogP contribution in [0.1, 0.15) is 13.3 Å². The van der Waals surface area contributed by atoms with E-state index in [2.05, 4.69) is 49.5 Å². The fraction of sp³-hybridized carbons (Fsp3) is 0.429. The van der Waals surface area contributed by atoms with Gasteiger partial charge in [0.1, 0.15) is 0 Å². The molecule has 0 spiro atoms. The molecule has 0 aromatic heterocycles. The minimum absolute atomic E-state index is 0.305. The average Bonchev–Trinajstić information content (AvgIpc) is 2.17. The van der Waals surface area contributed by atoms with Gasteiger partial charge in [0.15, 0.2) is 0 Å². The Balaban J connectivity index is 2.69. The van der Waals surface area contributed by atoms with E-state index < -0.39 is 0 Å². The molecule has 0 nitrogen and oxygen atoms in total. The summed E-state index contributed by atoms with van der Waals surface area (Å²) in [4.78, 5) is 0. The number of rotatable bonds is 1. The third kappa shape index (κ3) is 1.09. The zero-order chi connectivity index (χ0) is 6.04. The van der Waals surface area contributed by atoms with Gasteiger partial charge in [-0.15, -0.1) is 0 Å². The molecule has 0 radical (unpaired) electrons. The fourth-order valence-corrected chi connectivity index (χ4v) is 1.05. The molecule has 0 fully saturated rings. The second-order valence-electron chi connectivity index (χ2n) is 1.98. The van der Waals surface area contributed by atoms with Gasteiger partial charge in [0, 0.05) is 0 Å². The van der Waals surface area contributed by atoms with Gasteiger partial charge < -0.3 is 0 Å². The van der Waals surface area contributed by atoms with Crippen molar-refractivity contribution in [3.05, 3.63) is 24.3 Å². The van der Waals surface area contributed by atoms with Crippen molar-refractivity contribution in [3.8, 4) is 0 Å². The topological polar surface area (TPSA) is 0 Å². The van der Waals surface area contributed by atoms with Gasteiger partial charge in [-0.25, -0.2) is 0 Å². The van der Waals surface area contributed by atoms with Crippen LogP contribution in [0.15, 0.2) is 24.3 Å². The zero-order valence-electron chi connectivity index (χ0n) is 4.87. The van der Waals surface area contributed by atoms with Gasteiger partial charge in [0.05, 0.1) is 0 Å².